The maximum absolute atomic E-state index is 5.37. The van der Waals surface area contributed by atoms with Crippen molar-refractivity contribution in [2.24, 2.45) is 0 Å². The summed E-state index contributed by atoms with van der Waals surface area (Å²) in [6.07, 6.45) is 2.88. The fraction of sp³-hybridized carbons (Fsp3) is 0.667. The molecular formula is C9H16N2O. The van der Waals surface area contributed by atoms with Crippen LogP contribution in [0.1, 0.15) is 38.0 Å². The average Bonchev–Trinajstić information content (AvgIpc) is 2.47. The van der Waals surface area contributed by atoms with Gasteiger partial charge in [0.15, 0.2) is 0 Å². The van der Waals surface area contributed by atoms with Crippen LogP contribution in [0.2, 0.25) is 0 Å². The number of nitrogens with zero attached hydrogens (tertiary/aromatic N) is 1. The molecule has 0 aliphatic rings. The number of oxazole rings is 1. The Morgan fingerprint density at radius 2 is 2.42 bits per heavy atom. The normalized spacial score (nSPS) is 13.2. The molecule has 0 saturated carbocycles. The number of aromatic nitrogens is 1. The van der Waals surface area contributed by atoms with Gasteiger partial charge in [-0.15, -0.1) is 0 Å². The predicted octanol–water partition coefficient (Wildman–Crippen LogP) is 2.04. The van der Waals surface area contributed by atoms with Crippen LogP contribution in [0.3, 0.4) is 0 Å². The Kier molecular flexibility index (Phi) is 3.29. The molecule has 1 aromatic heterocycles. The molecule has 68 valence electrons. The second kappa shape index (κ2) is 4.26. The summed E-state index contributed by atoms with van der Waals surface area (Å²) in [6, 6.07) is 0.221. The van der Waals surface area contributed by atoms with E-state index in [-0.39, 0.29) is 6.04 Å². The highest BCUT2D eigenvalue weighted by Crippen LogP contribution is 2.11. The van der Waals surface area contributed by atoms with Crippen molar-refractivity contribution < 1.29 is 4.42 Å². The van der Waals surface area contributed by atoms with Gasteiger partial charge in [-0.2, -0.15) is 0 Å². The molecule has 1 aromatic rings. The minimum atomic E-state index is 0.221. The molecule has 0 amide bonds. The van der Waals surface area contributed by atoms with Gasteiger partial charge in [0.25, 0.3) is 0 Å². The zero-order chi connectivity index (χ0) is 8.97. The number of hydrogen-bond donors (Lipinski definition) is 1. The fourth-order valence-corrected chi connectivity index (χ4v) is 1.02. The van der Waals surface area contributed by atoms with E-state index in [1.165, 1.54) is 0 Å². The summed E-state index contributed by atoms with van der Waals surface area (Å²) in [4.78, 5) is 4.14. The third-order valence-corrected chi connectivity index (χ3v) is 1.71. The Morgan fingerprint density at radius 1 is 1.67 bits per heavy atom. The van der Waals surface area contributed by atoms with Crippen LogP contribution in [-0.2, 0) is 0 Å². The van der Waals surface area contributed by atoms with E-state index < -0.39 is 0 Å². The van der Waals surface area contributed by atoms with E-state index in [2.05, 4.69) is 24.1 Å². The topological polar surface area (TPSA) is 38.1 Å². The zero-order valence-electron chi connectivity index (χ0n) is 7.92. The van der Waals surface area contributed by atoms with Crippen LogP contribution in [-0.4, -0.2) is 11.5 Å². The SMILES string of the molecule is CCCNC(C)c1ncc(C)o1. The summed E-state index contributed by atoms with van der Waals surface area (Å²) in [5.41, 5.74) is 0. The van der Waals surface area contributed by atoms with Gasteiger partial charge in [-0.25, -0.2) is 4.98 Å². The Hall–Kier alpha value is -0.830. The van der Waals surface area contributed by atoms with Crippen molar-refractivity contribution in [3.8, 4) is 0 Å². The van der Waals surface area contributed by atoms with Gasteiger partial charge in [0, 0.05) is 0 Å². The molecule has 3 nitrogen and oxygen atoms in total. The largest absolute Gasteiger partial charge is 0.444 e. The molecule has 0 spiro atoms. The zero-order valence-corrected chi connectivity index (χ0v) is 7.92. The third kappa shape index (κ3) is 2.34. The first kappa shape index (κ1) is 9.26. The number of hydrogen-bond acceptors (Lipinski definition) is 3. The molecule has 0 aliphatic carbocycles. The van der Waals surface area contributed by atoms with Crippen LogP contribution < -0.4 is 5.32 Å². The van der Waals surface area contributed by atoms with Gasteiger partial charge in [-0.05, 0) is 26.8 Å². The molecule has 1 N–H and O–H groups in total. The molecule has 1 unspecified atom stereocenters. The van der Waals surface area contributed by atoms with Crippen molar-refractivity contribution in [1.82, 2.24) is 10.3 Å². The van der Waals surface area contributed by atoms with Crippen molar-refractivity contribution in [3.05, 3.63) is 17.8 Å². The van der Waals surface area contributed by atoms with Crippen LogP contribution in [0, 0.1) is 6.92 Å². The summed E-state index contributed by atoms with van der Waals surface area (Å²) in [6.45, 7) is 7.10. The first-order valence-corrected chi connectivity index (χ1v) is 4.39. The van der Waals surface area contributed by atoms with Gasteiger partial charge in [-0.1, -0.05) is 6.92 Å². The van der Waals surface area contributed by atoms with E-state index in [4.69, 9.17) is 4.42 Å². The molecule has 1 heterocycles. The lowest BCUT2D eigenvalue weighted by molar-refractivity contribution is 0.403. The van der Waals surface area contributed by atoms with Crippen molar-refractivity contribution in [2.45, 2.75) is 33.2 Å². The monoisotopic (exact) mass is 168 g/mol. The number of aryl methyl sites for hydroxylation is 1. The fourth-order valence-electron chi connectivity index (χ4n) is 1.02. The summed E-state index contributed by atoms with van der Waals surface area (Å²) >= 11 is 0. The Morgan fingerprint density at radius 3 is 2.92 bits per heavy atom. The van der Waals surface area contributed by atoms with E-state index in [0.717, 1.165) is 24.6 Å². The summed E-state index contributed by atoms with van der Waals surface area (Å²) in [5, 5.41) is 3.31. The Labute approximate surface area is 73.2 Å². The minimum Gasteiger partial charge on any atom is -0.444 e. The van der Waals surface area contributed by atoms with Gasteiger partial charge >= 0.3 is 0 Å². The molecule has 1 atom stereocenters. The van der Waals surface area contributed by atoms with Crippen LogP contribution in [0.25, 0.3) is 0 Å². The predicted molar refractivity (Wildman–Crippen MR) is 47.9 cm³/mol. The highest BCUT2D eigenvalue weighted by atomic mass is 16.4. The first-order valence-electron chi connectivity index (χ1n) is 4.39. The lowest BCUT2D eigenvalue weighted by Gasteiger charge is -2.07. The maximum Gasteiger partial charge on any atom is 0.211 e. The molecule has 1 rings (SSSR count). The molecule has 3 heteroatoms. The lowest BCUT2D eigenvalue weighted by Crippen LogP contribution is -2.19. The third-order valence-electron chi connectivity index (χ3n) is 1.71. The maximum atomic E-state index is 5.37. The lowest BCUT2D eigenvalue weighted by atomic mass is 10.3. The van der Waals surface area contributed by atoms with Crippen molar-refractivity contribution in [2.75, 3.05) is 6.54 Å². The second-order valence-corrected chi connectivity index (χ2v) is 2.98. The van der Waals surface area contributed by atoms with E-state index in [1.807, 2.05) is 6.92 Å². The van der Waals surface area contributed by atoms with E-state index >= 15 is 0 Å². The van der Waals surface area contributed by atoms with Gasteiger partial charge in [-0.3, -0.25) is 0 Å². The molecule has 0 bridgehead atoms. The van der Waals surface area contributed by atoms with Crippen molar-refractivity contribution >= 4 is 0 Å². The molecule has 12 heavy (non-hydrogen) atoms. The quantitative estimate of drug-likeness (QED) is 0.747. The Balaban J connectivity index is 2.47. The molecular weight excluding hydrogens is 152 g/mol. The Bertz CT molecular complexity index is 232. The molecule has 0 fully saturated rings. The molecule has 0 aliphatic heterocycles. The van der Waals surface area contributed by atoms with Gasteiger partial charge in [0.1, 0.15) is 5.76 Å². The van der Waals surface area contributed by atoms with Crippen LogP contribution in [0.15, 0.2) is 10.6 Å². The minimum absolute atomic E-state index is 0.221. The van der Waals surface area contributed by atoms with Gasteiger partial charge in [0.05, 0.1) is 12.2 Å². The van der Waals surface area contributed by atoms with Crippen molar-refractivity contribution in [1.29, 1.82) is 0 Å². The highest BCUT2D eigenvalue weighted by Gasteiger charge is 2.08. The smallest absolute Gasteiger partial charge is 0.211 e. The average molecular weight is 168 g/mol. The first-order chi connectivity index (χ1) is 5.74. The van der Waals surface area contributed by atoms with Gasteiger partial charge in [0.2, 0.25) is 5.89 Å². The van der Waals surface area contributed by atoms with E-state index in [1.54, 1.807) is 6.20 Å². The summed E-state index contributed by atoms with van der Waals surface area (Å²) in [7, 11) is 0. The van der Waals surface area contributed by atoms with E-state index in [9.17, 15) is 0 Å². The summed E-state index contributed by atoms with van der Waals surface area (Å²) in [5.74, 6) is 1.65. The number of rotatable bonds is 4. The summed E-state index contributed by atoms with van der Waals surface area (Å²) < 4.78 is 5.37. The molecule has 0 aromatic carbocycles. The molecule has 0 radical (unpaired) electrons. The second-order valence-electron chi connectivity index (χ2n) is 2.98. The number of nitrogens with one attached hydrogen (secondary N) is 1. The highest BCUT2D eigenvalue weighted by molar-refractivity contribution is 4.94. The van der Waals surface area contributed by atoms with E-state index in [0.29, 0.717) is 0 Å². The van der Waals surface area contributed by atoms with Crippen molar-refractivity contribution in [3.63, 3.8) is 0 Å². The van der Waals surface area contributed by atoms with Crippen LogP contribution in [0.5, 0.6) is 0 Å². The van der Waals surface area contributed by atoms with Crippen LogP contribution >= 0.6 is 0 Å². The van der Waals surface area contributed by atoms with Gasteiger partial charge < -0.3 is 9.73 Å². The standard InChI is InChI=1S/C9H16N2O/c1-4-5-10-8(3)9-11-6-7(2)12-9/h6,8,10H,4-5H2,1-3H3. The van der Waals surface area contributed by atoms with Crippen LogP contribution in [0.4, 0.5) is 0 Å². The molecule has 0 saturated heterocycles.